The number of nitrogens with one attached hydrogen (secondary N) is 1. The van der Waals surface area contributed by atoms with Crippen molar-refractivity contribution in [3.8, 4) is 0 Å². The largest absolute Gasteiger partial charge is 0.384 e. The minimum atomic E-state index is -1.18. The van der Waals surface area contributed by atoms with Gasteiger partial charge in [0.25, 0.3) is 0 Å². The number of anilines is 1. The maximum absolute atomic E-state index is 12.2. The lowest BCUT2D eigenvalue weighted by Crippen LogP contribution is -2.35. The van der Waals surface area contributed by atoms with E-state index in [1.54, 1.807) is 6.07 Å². The van der Waals surface area contributed by atoms with Gasteiger partial charge in [0.15, 0.2) is 0 Å². The van der Waals surface area contributed by atoms with E-state index in [9.17, 15) is 4.21 Å². The van der Waals surface area contributed by atoms with E-state index in [1.165, 1.54) is 0 Å². The van der Waals surface area contributed by atoms with Gasteiger partial charge in [0.1, 0.15) is 11.0 Å². The second-order valence-corrected chi connectivity index (χ2v) is 8.40. The molecule has 0 saturated heterocycles. The number of halogens is 2. The molecule has 0 bridgehead atoms. The monoisotopic (exact) mass is 367 g/mol. The van der Waals surface area contributed by atoms with Gasteiger partial charge in [-0.3, -0.25) is 0 Å². The van der Waals surface area contributed by atoms with Gasteiger partial charge in [-0.2, -0.15) is 0 Å². The van der Waals surface area contributed by atoms with Crippen LogP contribution in [0.4, 0.5) is 5.82 Å². The highest BCUT2D eigenvalue weighted by Crippen LogP contribution is 2.33. The van der Waals surface area contributed by atoms with Crippen molar-refractivity contribution in [1.82, 2.24) is 9.71 Å². The summed E-state index contributed by atoms with van der Waals surface area (Å²) in [6, 6.07) is 1.56. The summed E-state index contributed by atoms with van der Waals surface area (Å²) in [5, 5.41) is 0.331. The fourth-order valence-corrected chi connectivity index (χ4v) is 3.51. The molecule has 0 aromatic carbocycles. The van der Waals surface area contributed by atoms with E-state index < -0.39 is 11.0 Å². The molecule has 19 heavy (non-hydrogen) atoms. The van der Waals surface area contributed by atoms with Crippen molar-refractivity contribution in [2.45, 2.75) is 44.9 Å². The maximum atomic E-state index is 12.2. The van der Waals surface area contributed by atoms with Gasteiger partial charge in [-0.05, 0) is 33.3 Å². The Morgan fingerprint density at radius 2 is 2.16 bits per heavy atom. The molecule has 1 rings (SSSR count). The fraction of sp³-hybridized carbons (Fsp3) is 0.583. The second kappa shape index (κ2) is 6.52. The van der Waals surface area contributed by atoms with Crippen molar-refractivity contribution in [2.75, 3.05) is 5.73 Å². The van der Waals surface area contributed by atoms with E-state index in [0.717, 1.165) is 16.5 Å². The van der Waals surface area contributed by atoms with Crippen LogP contribution in [0, 0.1) is 0 Å². The molecular formula is C12H19BrClN3OS. The van der Waals surface area contributed by atoms with Crippen LogP contribution in [-0.2, 0) is 11.0 Å². The van der Waals surface area contributed by atoms with E-state index in [2.05, 4.69) is 25.6 Å². The molecule has 7 heteroatoms. The van der Waals surface area contributed by atoms with Crippen LogP contribution in [-0.4, -0.2) is 13.9 Å². The molecule has 2 unspecified atom stereocenters. The second-order valence-electron chi connectivity index (χ2n) is 5.19. The number of aromatic nitrogens is 1. The third-order valence-electron chi connectivity index (χ3n) is 2.54. The molecule has 1 aromatic heterocycles. The summed E-state index contributed by atoms with van der Waals surface area (Å²) in [4.78, 5) is 4.05. The number of rotatable bonds is 4. The Kier molecular flexibility index (Phi) is 5.79. The SMILES string of the molecule is CCC(NS(=O)C(C)(C)C)c1c(Br)cc(N)nc1Cl. The molecule has 0 fully saturated rings. The zero-order valence-electron chi connectivity index (χ0n) is 11.5. The Morgan fingerprint density at radius 3 is 2.58 bits per heavy atom. The summed E-state index contributed by atoms with van der Waals surface area (Å²) in [7, 11) is -1.18. The van der Waals surface area contributed by atoms with E-state index in [1.807, 2.05) is 27.7 Å². The van der Waals surface area contributed by atoms with Crippen molar-refractivity contribution in [3.05, 3.63) is 21.3 Å². The standard InChI is InChI=1S/C12H19BrClN3OS/c1-5-8(17-19(18)12(2,3)4)10-7(13)6-9(15)16-11(10)14/h6,8,17H,5H2,1-4H3,(H2,15,16). The Morgan fingerprint density at radius 1 is 1.58 bits per heavy atom. The topological polar surface area (TPSA) is 68.0 Å². The quantitative estimate of drug-likeness (QED) is 0.798. The third kappa shape index (κ3) is 4.41. The predicted molar refractivity (Wildman–Crippen MR) is 85.4 cm³/mol. The zero-order chi connectivity index (χ0) is 14.8. The number of hydrogen-bond acceptors (Lipinski definition) is 3. The van der Waals surface area contributed by atoms with Gasteiger partial charge >= 0.3 is 0 Å². The Labute approximate surface area is 130 Å². The molecule has 0 aliphatic heterocycles. The lowest BCUT2D eigenvalue weighted by atomic mass is 10.1. The van der Waals surface area contributed by atoms with Crippen molar-refractivity contribution in [1.29, 1.82) is 0 Å². The van der Waals surface area contributed by atoms with Crippen LogP contribution in [0.2, 0.25) is 5.15 Å². The molecule has 4 nitrogen and oxygen atoms in total. The van der Waals surface area contributed by atoms with Crippen LogP contribution in [0.5, 0.6) is 0 Å². The summed E-state index contributed by atoms with van der Waals surface area (Å²) >= 11 is 9.58. The third-order valence-corrected chi connectivity index (χ3v) is 5.10. The number of nitrogens with zero attached hydrogens (tertiary/aromatic N) is 1. The maximum Gasteiger partial charge on any atom is 0.137 e. The van der Waals surface area contributed by atoms with Gasteiger partial charge in [0.2, 0.25) is 0 Å². The highest BCUT2D eigenvalue weighted by molar-refractivity contribution is 9.10. The molecular weight excluding hydrogens is 350 g/mol. The highest BCUT2D eigenvalue weighted by atomic mass is 79.9. The summed E-state index contributed by atoms with van der Waals surface area (Å²) in [6.45, 7) is 7.75. The molecule has 1 heterocycles. The Bertz CT molecular complexity index is 467. The molecule has 3 N–H and O–H groups in total. The first kappa shape index (κ1) is 16.9. The van der Waals surface area contributed by atoms with Gasteiger partial charge in [-0.15, -0.1) is 0 Å². The smallest absolute Gasteiger partial charge is 0.137 e. The first-order valence-electron chi connectivity index (χ1n) is 5.96. The Balaban J connectivity index is 3.08. The number of pyridine rings is 1. The van der Waals surface area contributed by atoms with Crippen molar-refractivity contribution < 1.29 is 4.21 Å². The molecule has 2 atom stereocenters. The van der Waals surface area contributed by atoms with Gasteiger partial charge in [-0.25, -0.2) is 13.9 Å². The van der Waals surface area contributed by atoms with Crippen LogP contribution in [0.15, 0.2) is 10.5 Å². The van der Waals surface area contributed by atoms with E-state index >= 15 is 0 Å². The molecule has 0 aliphatic rings. The molecule has 108 valence electrons. The summed E-state index contributed by atoms with van der Waals surface area (Å²) in [5.41, 5.74) is 6.42. The van der Waals surface area contributed by atoms with Gasteiger partial charge in [0, 0.05) is 16.1 Å². The summed E-state index contributed by atoms with van der Waals surface area (Å²) < 4.78 is 15.7. The average Bonchev–Trinajstić information content (AvgIpc) is 2.24. The highest BCUT2D eigenvalue weighted by Gasteiger charge is 2.25. The first-order chi connectivity index (χ1) is 8.66. The minimum absolute atomic E-state index is 0.143. The molecule has 0 aliphatic carbocycles. The van der Waals surface area contributed by atoms with Gasteiger partial charge < -0.3 is 5.73 Å². The molecule has 0 saturated carbocycles. The van der Waals surface area contributed by atoms with Crippen molar-refractivity contribution >= 4 is 44.3 Å². The average molecular weight is 369 g/mol. The van der Waals surface area contributed by atoms with E-state index in [-0.39, 0.29) is 10.8 Å². The van der Waals surface area contributed by atoms with Crippen LogP contribution < -0.4 is 10.5 Å². The number of hydrogen-bond donors (Lipinski definition) is 2. The summed E-state index contributed by atoms with van der Waals surface area (Å²) in [6.07, 6.45) is 0.742. The van der Waals surface area contributed by atoms with E-state index in [4.69, 9.17) is 17.3 Å². The fourth-order valence-electron chi connectivity index (χ4n) is 1.47. The first-order valence-corrected chi connectivity index (χ1v) is 8.28. The van der Waals surface area contributed by atoms with E-state index in [0.29, 0.717) is 11.0 Å². The van der Waals surface area contributed by atoms with Crippen LogP contribution in [0.1, 0.15) is 45.7 Å². The van der Waals surface area contributed by atoms with Crippen LogP contribution >= 0.6 is 27.5 Å². The summed E-state index contributed by atoms with van der Waals surface area (Å²) in [5.74, 6) is 0.354. The van der Waals surface area contributed by atoms with Crippen LogP contribution in [0.25, 0.3) is 0 Å². The Hall–Kier alpha value is -0.170. The lowest BCUT2D eigenvalue weighted by molar-refractivity contribution is 0.587. The van der Waals surface area contributed by atoms with Crippen molar-refractivity contribution in [2.24, 2.45) is 0 Å². The normalized spacial score (nSPS) is 15.3. The molecule has 0 spiro atoms. The zero-order valence-corrected chi connectivity index (χ0v) is 14.6. The van der Waals surface area contributed by atoms with Crippen molar-refractivity contribution in [3.63, 3.8) is 0 Å². The van der Waals surface area contributed by atoms with Gasteiger partial charge in [-0.1, -0.05) is 34.5 Å². The molecule has 0 amide bonds. The predicted octanol–water partition coefficient (Wildman–Crippen LogP) is 3.58. The minimum Gasteiger partial charge on any atom is -0.384 e. The van der Waals surface area contributed by atoms with Gasteiger partial charge in [0.05, 0.1) is 15.7 Å². The number of nitrogens with two attached hydrogens (primary N) is 1. The molecule has 0 radical (unpaired) electrons. The lowest BCUT2D eigenvalue weighted by Gasteiger charge is -2.24. The van der Waals surface area contributed by atoms with Crippen LogP contribution in [0.3, 0.4) is 0 Å². The molecule has 1 aromatic rings. The number of nitrogen functional groups attached to an aromatic ring is 1.